The molecule has 0 saturated heterocycles. The van der Waals surface area contributed by atoms with Gasteiger partial charge in [-0.05, 0) is 50.8 Å². The molecule has 0 fully saturated rings. The minimum atomic E-state index is -4.27. The fraction of sp³-hybridized carbons (Fsp3) is 0.348. The van der Waals surface area contributed by atoms with Crippen molar-refractivity contribution in [3.05, 3.63) is 83.3 Å². The van der Waals surface area contributed by atoms with E-state index < -0.39 is 17.7 Å². The molecule has 0 bridgehead atoms. The molecule has 0 saturated carbocycles. The Kier molecular flexibility index (Phi) is 5.48. The summed E-state index contributed by atoms with van der Waals surface area (Å²) in [6.45, 7) is 3.54. The molecule has 4 heterocycles. The average molecular weight is 509 g/mol. The fourth-order valence-electron chi connectivity index (χ4n) is 4.55. The average Bonchev–Trinajstić information content (AvgIpc) is 3.33. The van der Waals surface area contributed by atoms with Crippen molar-refractivity contribution in [2.24, 2.45) is 5.92 Å². The first-order valence-electron chi connectivity index (χ1n) is 10.7. The number of halogens is 4. The van der Waals surface area contributed by atoms with E-state index in [1.807, 2.05) is 6.92 Å². The van der Waals surface area contributed by atoms with Gasteiger partial charge in [0.15, 0.2) is 0 Å². The summed E-state index contributed by atoms with van der Waals surface area (Å²) in [5, 5.41) is 0. The molecule has 4 aromatic heterocycles. The molecular weight excluding hydrogens is 489 g/mol. The van der Waals surface area contributed by atoms with Crippen LogP contribution in [0.1, 0.15) is 33.8 Å². The molecule has 11 heteroatoms. The second kappa shape index (κ2) is 8.13. The Morgan fingerprint density at radius 1 is 1.18 bits per heavy atom. The monoisotopic (exact) mass is 508 g/mol. The molecule has 0 spiro atoms. The van der Waals surface area contributed by atoms with Gasteiger partial charge in [-0.2, -0.15) is 13.2 Å². The molecule has 0 aliphatic heterocycles. The van der Waals surface area contributed by atoms with Crippen molar-refractivity contribution in [3.8, 4) is 5.69 Å². The van der Waals surface area contributed by atoms with E-state index in [9.17, 15) is 22.8 Å². The highest BCUT2D eigenvalue weighted by atomic mass is 35.5. The maximum absolute atomic E-state index is 13.4. The minimum Gasteiger partial charge on any atom is -0.305 e. The van der Waals surface area contributed by atoms with Gasteiger partial charge in [0.1, 0.15) is 11.2 Å². The van der Waals surface area contributed by atoms with Gasteiger partial charge in [0.05, 0.1) is 28.8 Å². The third-order valence-corrected chi connectivity index (χ3v) is 7.97. The first-order valence-corrected chi connectivity index (χ1v) is 11.9. The number of fused-ring (bicyclic) bond motifs is 2. The molecule has 1 atom stereocenters. The maximum Gasteiger partial charge on any atom is 0.392 e. The topological polar surface area (TPSA) is 61.3 Å². The zero-order valence-corrected chi connectivity index (χ0v) is 19.9. The van der Waals surface area contributed by atoms with Crippen molar-refractivity contribution >= 4 is 28.5 Å². The van der Waals surface area contributed by atoms with Crippen LogP contribution in [0.2, 0.25) is 4.34 Å². The Balaban J connectivity index is 1.58. The molecule has 1 unspecified atom stereocenters. The number of aryl methyl sites for hydroxylation is 3. The Bertz CT molecular complexity index is 1550. The van der Waals surface area contributed by atoms with E-state index in [-0.39, 0.29) is 30.5 Å². The smallest absolute Gasteiger partial charge is 0.305 e. The summed E-state index contributed by atoms with van der Waals surface area (Å²) in [7, 11) is 0. The van der Waals surface area contributed by atoms with Crippen molar-refractivity contribution in [1.29, 1.82) is 0 Å². The van der Waals surface area contributed by atoms with Crippen molar-refractivity contribution in [1.82, 2.24) is 18.5 Å². The second-order valence-electron chi connectivity index (χ2n) is 8.60. The van der Waals surface area contributed by atoms with Crippen molar-refractivity contribution in [2.45, 2.75) is 45.8 Å². The SMILES string of the molecule is Cc1cn(-c2ccc3c(=O)n(Cc4c(Cl)sc5c4CC(C(F)(F)F)CC5)c(C)cn3c2=O)cn1. The van der Waals surface area contributed by atoms with Gasteiger partial charge in [0, 0.05) is 28.5 Å². The number of aromatic nitrogens is 4. The van der Waals surface area contributed by atoms with Crippen LogP contribution in [0.4, 0.5) is 13.2 Å². The van der Waals surface area contributed by atoms with Crippen molar-refractivity contribution in [2.75, 3.05) is 0 Å². The minimum absolute atomic E-state index is 0.0451. The lowest BCUT2D eigenvalue weighted by atomic mass is 9.86. The Labute approximate surface area is 200 Å². The van der Waals surface area contributed by atoms with E-state index in [0.717, 1.165) is 10.6 Å². The van der Waals surface area contributed by atoms with Crippen LogP contribution >= 0.6 is 22.9 Å². The van der Waals surface area contributed by atoms with Gasteiger partial charge in [-0.15, -0.1) is 11.3 Å². The molecule has 5 rings (SSSR count). The lowest BCUT2D eigenvalue weighted by Gasteiger charge is -2.25. The molecular formula is C23H20ClF3N4O2S. The summed E-state index contributed by atoms with van der Waals surface area (Å²) >= 11 is 7.73. The van der Waals surface area contributed by atoms with Crippen LogP contribution in [0.3, 0.4) is 0 Å². The largest absolute Gasteiger partial charge is 0.392 e. The molecule has 0 N–H and O–H groups in total. The number of rotatable bonds is 3. The van der Waals surface area contributed by atoms with Gasteiger partial charge in [-0.25, -0.2) is 4.98 Å². The Morgan fingerprint density at radius 2 is 1.94 bits per heavy atom. The molecule has 0 radical (unpaired) electrons. The highest BCUT2D eigenvalue weighted by Gasteiger charge is 2.42. The van der Waals surface area contributed by atoms with Gasteiger partial charge in [0.25, 0.3) is 11.1 Å². The third-order valence-electron chi connectivity index (χ3n) is 6.39. The zero-order chi connectivity index (χ0) is 24.4. The molecule has 1 aliphatic carbocycles. The fourth-order valence-corrected chi connectivity index (χ4v) is 6.08. The molecule has 6 nitrogen and oxygen atoms in total. The van der Waals surface area contributed by atoms with Crippen LogP contribution in [0.25, 0.3) is 11.2 Å². The Hall–Kier alpha value is -2.85. The van der Waals surface area contributed by atoms with E-state index in [2.05, 4.69) is 4.98 Å². The van der Waals surface area contributed by atoms with Crippen molar-refractivity contribution in [3.63, 3.8) is 0 Å². The van der Waals surface area contributed by atoms with Crippen LogP contribution in [0.15, 0.2) is 40.4 Å². The van der Waals surface area contributed by atoms with Gasteiger partial charge in [0.2, 0.25) is 0 Å². The number of pyridine rings is 1. The van der Waals surface area contributed by atoms with E-state index >= 15 is 0 Å². The predicted octanol–water partition coefficient (Wildman–Crippen LogP) is 4.69. The number of thiophene rings is 1. The van der Waals surface area contributed by atoms with E-state index in [4.69, 9.17) is 11.6 Å². The molecule has 0 aromatic carbocycles. The summed E-state index contributed by atoms with van der Waals surface area (Å²) < 4.78 is 44.9. The maximum atomic E-state index is 13.4. The number of imidazole rings is 1. The number of nitrogens with zero attached hydrogens (tertiary/aromatic N) is 4. The second-order valence-corrected chi connectivity index (χ2v) is 10.3. The van der Waals surface area contributed by atoms with Crippen LogP contribution in [0, 0.1) is 19.8 Å². The summed E-state index contributed by atoms with van der Waals surface area (Å²) in [5.74, 6) is -1.41. The molecule has 34 heavy (non-hydrogen) atoms. The van der Waals surface area contributed by atoms with E-state index in [0.29, 0.717) is 33.3 Å². The number of alkyl halides is 3. The Morgan fingerprint density at radius 3 is 2.62 bits per heavy atom. The van der Waals surface area contributed by atoms with Gasteiger partial charge in [-0.1, -0.05) is 11.6 Å². The first-order chi connectivity index (χ1) is 16.0. The summed E-state index contributed by atoms with van der Waals surface area (Å²) in [6.07, 6.45) is 0.773. The highest BCUT2D eigenvalue weighted by molar-refractivity contribution is 7.16. The molecule has 4 aromatic rings. The molecule has 1 aliphatic rings. The molecule has 178 valence electrons. The van der Waals surface area contributed by atoms with Crippen molar-refractivity contribution < 1.29 is 13.2 Å². The van der Waals surface area contributed by atoms with E-state index in [1.54, 1.807) is 36.0 Å². The van der Waals surface area contributed by atoms with Gasteiger partial charge >= 0.3 is 6.18 Å². The van der Waals surface area contributed by atoms with Crippen LogP contribution < -0.4 is 11.1 Å². The quantitative estimate of drug-likeness (QED) is 0.403. The lowest BCUT2D eigenvalue weighted by Crippen LogP contribution is -2.31. The van der Waals surface area contributed by atoms with Gasteiger partial charge < -0.3 is 9.13 Å². The zero-order valence-electron chi connectivity index (χ0n) is 18.3. The van der Waals surface area contributed by atoms with E-state index in [1.165, 1.54) is 26.6 Å². The summed E-state index contributed by atoms with van der Waals surface area (Å²) in [5.41, 5.74) is 2.13. The van der Waals surface area contributed by atoms with Crippen LogP contribution in [-0.2, 0) is 19.4 Å². The summed E-state index contributed by atoms with van der Waals surface area (Å²) in [6, 6.07) is 3.13. The highest BCUT2D eigenvalue weighted by Crippen LogP contribution is 2.43. The predicted molar refractivity (Wildman–Crippen MR) is 125 cm³/mol. The third kappa shape index (κ3) is 3.78. The first kappa shape index (κ1) is 22.9. The molecule has 0 amide bonds. The van der Waals surface area contributed by atoms with Crippen LogP contribution in [0.5, 0.6) is 0 Å². The lowest BCUT2D eigenvalue weighted by molar-refractivity contribution is -0.177. The normalized spacial score (nSPS) is 16.2. The van der Waals surface area contributed by atoms with Gasteiger partial charge in [-0.3, -0.25) is 14.0 Å². The number of hydrogen-bond donors (Lipinski definition) is 0. The summed E-state index contributed by atoms with van der Waals surface area (Å²) in [4.78, 5) is 31.4. The standard InChI is InChI=1S/C23H20ClF3N4O2S/c1-12-8-29(11-28-12)17-4-5-18-22(33)30(13(2)9-31(18)21(17)32)10-16-15-7-14(23(25,26)27)3-6-19(15)34-20(16)24/h4-5,8-9,11,14H,3,6-7,10H2,1-2H3. The number of hydrogen-bond acceptors (Lipinski definition) is 4. The van der Waals surface area contributed by atoms with Crippen LogP contribution in [-0.4, -0.2) is 24.7 Å².